The molecule has 9 rings (SSSR count). The van der Waals surface area contributed by atoms with E-state index in [1.807, 2.05) is 182 Å². The SMILES string of the molecule is CO[C@@H]1O[C@H](COCc2ccccc2)[C@@H](O[C@@H]2O[C@H](COCc3ccccc3)[C@@H](O[C@@H]3O[C@H](C)[C@H](O)[C@H](OC(=O)C(C)(C)C)[C@H]3OC(=O)C(C)(C)C)[C@H](OCc3ccccc3)[C@H]2OCc2ccccc2)[C@H](OCc2ccccc2)[C@H]1OCc1ccccc1. The Hall–Kier alpha value is -6.26. The molecule has 15 atom stereocenters. The predicted molar refractivity (Wildman–Crippen MR) is 325 cm³/mol. The van der Waals surface area contributed by atoms with Crippen LogP contribution in [0.1, 0.15) is 81.8 Å². The Morgan fingerprint density at radius 3 is 1.02 bits per heavy atom. The molecule has 472 valence electrons. The molecule has 3 aliphatic heterocycles. The number of carbonyl (C=O) groups excluding carboxylic acids is 2. The van der Waals surface area contributed by atoms with Gasteiger partial charge < -0.3 is 71.4 Å². The van der Waals surface area contributed by atoms with Crippen molar-refractivity contribution < 1.29 is 81.0 Å². The summed E-state index contributed by atoms with van der Waals surface area (Å²) in [6.07, 6.45) is -17.6. The fraction of sp³-hybridized carbons (Fsp3) is 0.465. The van der Waals surface area contributed by atoms with E-state index in [4.69, 9.17) is 66.3 Å². The molecule has 0 spiro atoms. The number of methoxy groups -OCH3 is 1. The van der Waals surface area contributed by atoms with Gasteiger partial charge in [-0.15, -0.1) is 0 Å². The van der Waals surface area contributed by atoms with Gasteiger partial charge in [0.05, 0.1) is 69.8 Å². The Morgan fingerprint density at radius 1 is 0.386 bits per heavy atom. The first kappa shape index (κ1) is 66.2. The van der Waals surface area contributed by atoms with Crippen LogP contribution in [0.3, 0.4) is 0 Å². The summed E-state index contributed by atoms with van der Waals surface area (Å²) in [7, 11) is 1.57. The van der Waals surface area contributed by atoms with Crippen molar-refractivity contribution in [2.75, 3.05) is 20.3 Å². The molecule has 0 aliphatic carbocycles. The van der Waals surface area contributed by atoms with Crippen LogP contribution in [-0.2, 0) is 116 Å². The quantitative estimate of drug-likeness (QED) is 0.0480. The highest BCUT2D eigenvalue weighted by molar-refractivity contribution is 5.76. The molecule has 3 aliphatic rings. The lowest BCUT2D eigenvalue weighted by Crippen LogP contribution is -2.68. The zero-order valence-electron chi connectivity index (χ0n) is 51.6. The zero-order valence-corrected chi connectivity index (χ0v) is 51.6. The molecule has 17 nitrogen and oxygen atoms in total. The predicted octanol–water partition coefficient (Wildman–Crippen LogP) is 10.6. The van der Waals surface area contributed by atoms with Crippen molar-refractivity contribution in [3.05, 3.63) is 215 Å². The molecule has 88 heavy (non-hydrogen) atoms. The van der Waals surface area contributed by atoms with E-state index in [9.17, 15) is 14.7 Å². The number of aliphatic hydroxyl groups excluding tert-OH is 1. The van der Waals surface area contributed by atoms with Crippen molar-refractivity contribution >= 4 is 11.9 Å². The van der Waals surface area contributed by atoms with Gasteiger partial charge in [-0.25, -0.2) is 0 Å². The average Bonchev–Trinajstić information content (AvgIpc) is 1.11. The van der Waals surface area contributed by atoms with Gasteiger partial charge >= 0.3 is 11.9 Å². The highest BCUT2D eigenvalue weighted by atomic mass is 16.8. The third-order valence-electron chi connectivity index (χ3n) is 15.4. The summed E-state index contributed by atoms with van der Waals surface area (Å²) in [5, 5.41) is 11.9. The fourth-order valence-electron chi connectivity index (χ4n) is 10.5. The van der Waals surface area contributed by atoms with Crippen LogP contribution in [0.5, 0.6) is 0 Å². The number of hydrogen-bond donors (Lipinski definition) is 1. The van der Waals surface area contributed by atoms with Crippen molar-refractivity contribution in [2.24, 2.45) is 10.8 Å². The highest BCUT2D eigenvalue weighted by Crippen LogP contribution is 2.39. The maximum atomic E-state index is 14.1. The molecular weight excluding hydrogens is 1120 g/mol. The van der Waals surface area contributed by atoms with Crippen LogP contribution in [0.2, 0.25) is 0 Å². The van der Waals surface area contributed by atoms with Gasteiger partial charge in [0.2, 0.25) is 0 Å². The van der Waals surface area contributed by atoms with Gasteiger partial charge in [0.15, 0.2) is 31.1 Å². The second-order valence-electron chi connectivity index (χ2n) is 24.5. The van der Waals surface area contributed by atoms with Gasteiger partial charge in [0, 0.05) is 7.11 Å². The van der Waals surface area contributed by atoms with Gasteiger partial charge in [0.1, 0.15) is 54.9 Å². The van der Waals surface area contributed by atoms with Crippen LogP contribution in [0.4, 0.5) is 0 Å². The molecule has 6 aromatic carbocycles. The number of carbonyl (C=O) groups is 2. The van der Waals surface area contributed by atoms with Crippen LogP contribution in [-0.4, -0.2) is 129 Å². The second kappa shape index (κ2) is 32.0. The largest absolute Gasteiger partial charge is 0.455 e. The van der Waals surface area contributed by atoms with E-state index < -0.39 is 115 Å². The van der Waals surface area contributed by atoms with E-state index in [1.54, 1.807) is 55.6 Å². The number of ether oxygens (including phenoxy) is 14. The smallest absolute Gasteiger partial charge is 0.311 e. The molecule has 0 amide bonds. The van der Waals surface area contributed by atoms with Crippen LogP contribution < -0.4 is 0 Å². The number of esters is 2. The molecule has 0 bridgehead atoms. The first-order valence-electron chi connectivity index (χ1n) is 30.3. The average molecular weight is 1210 g/mol. The standard InChI is InChI=1S/C71H86O17/c1-47-56(72)59(87-68(73)70(2,3)4)64(88-69(74)71(5,6)7)67(82-47)86-58-55(46-77-40-49-29-17-10-18-30-49)84-66(63(81-44-53-37-25-14-26-38-53)61(58)79-42-51-33-21-12-22-34-51)85-57-54(45-76-39-48-27-15-9-16-28-48)83-65(75-8)62(80-43-52-35-23-13-24-36-52)60(57)78-41-50-31-19-11-20-32-50/h9-38,47,54-67,72H,39-46H2,1-8H3/t47-,54-,55-,56+,57-,58-,59+,60+,61+,62-,63-,64-,65-,66+,67+/m1/s1. The molecule has 3 fully saturated rings. The van der Waals surface area contributed by atoms with E-state index >= 15 is 0 Å². The minimum absolute atomic E-state index is 0.0141. The maximum Gasteiger partial charge on any atom is 0.311 e. The molecule has 0 aromatic heterocycles. The monoisotopic (exact) mass is 1210 g/mol. The van der Waals surface area contributed by atoms with Gasteiger partial charge in [0.25, 0.3) is 0 Å². The molecule has 3 saturated heterocycles. The summed E-state index contributed by atoms with van der Waals surface area (Å²) in [6, 6.07) is 58.5. The first-order valence-corrected chi connectivity index (χ1v) is 30.3. The summed E-state index contributed by atoms with van der Waals surface area (Å²) in [4.78, 5) is 28.0. The minimum Gasteiger partial charge on any atom is -0.455 e. The highest BCUT2D eigenvalue weighted by Gasteiger charge is 2.58. The van der Waals surface area contributed by atoms with Crippen molar-refractivity contribution in [1.82, 2.24) is 0 Å². The van der Waals surface area contributed by atoms with Crippen LogP contribution in [0, 0.1) is 10.8 Å². The number of benzene rings is 6. The van der Waals surface area contributed by atoms with Gasteiger partial charge in [-0.1, -0.05) is 182 Å². The third kappa shape index (κ3) is 18.4. The van der Waals surface area contributed by atoms with Crippen LogP contribution in [0.25, 0.3) is 0 Å². The van der Waals surface area contributed by atoms with E-state index in [-0.39, 0.29) is 52.9 Å². The van der Waals surface area contributed by atoms with Gasteiger partial charge in [-0.05, 0) is 81.8 Å². The lowest BCUT2D eigenvalue weighted by molar-refractivity contribution is -0.390. The summed E-state index contributed by atoms with van der Waals surface area (Å²) in [5.74, 6) is -1.30. The first-order chi connectivity index (χ1) is 42.5. The summed E-state index contributed by atoms with van der Waals surface area (Å²) >= 11 is 0. The van der Waals surface area contributed by atoms with E-state index in [1.165, 1.54) is 0 Å². The van der Waals surface area contributed by atoms with Crippen molar-refractivity contribution in [3.63, 3.8) is 0 Å². The molecule has 0 saturated carbocycles. The van der Waals surface area contributed by atoms with Gasteiger partial charge in [-0.3, -0.25) is 9.59 Å². The second-order valence-corrected chi connectivity index (χ2v) is 24.5. The Balaban J connectivity index is 1.17. The summed E-state index contributed by atoms with van der Waals surface area (Å²) < 4.78 is 95.9. The van der Waals surface area contributed by atoms with E-state index in [0.29, 0.717) is 0 Å². The third-order valence-corrected chi connectivity index (χ3v) is 15.4. The maximum absolute atomic E-state index is 14.1. The Morgan fingerprint density at radius 2 is 0.682 bits per heavy atom. The lowest BCUT2D eigenvalue weighted by Gasteiger charge is -2.51. The molecule has 6 aromatic rings. The summed E-state index contributed by atoms with van der Waals surface area (Å²) in [5.41, 5.74) is 3.26. The molecule has 0 radical (unpaired) electrons. The Bertz CT molecular complexity index is 2980. The fourth-order valence-corrected chi connectivity index (χ4v) is 10.5. The van der Waals surface area contributed by atoms with E-state index in [0.717, 1.165) is 33.4 Å². The molecule has 1 N–H and O–H groups in total. The zero-order chi connectivity index (χ0) is 62.0. The Labute approximate surface area is 517 Å². The van der Waals surface area contributed by atoms with Crippen molar-refractivity contribution in [3.8, 4) is 0 Å². The minimum atomic E-state index is -1.51. The lowest BCUT2D eigenvalue weighted by atomic mass is 9.93. The van der Waals surface area contributed by atoms with E-state index in [2.05, 4.69) is 0 Å². The number of rotatable bonds is 27. The topological polar surface area (TPSA) is 184 Å². The van der Waals surface area contributed by atoms with Crippen molar-refractivity contribution in [1.29, 1.82) is 0 Å². The van der Waals surface area contributed by atoms with Crippen LogP contribution >= 0.6 is 0 Å². The molecule has 0 unspecified atom stereocenters. The molecule has 3 heterocycles. The van der Waals surface area contributed by atoms with Gasteiger partial charge in [-0.2, -0.15) is 0 Å². The molecular formula is C71H86O17. The van der Waals surface area contributed by atoms with Crippen LogP contribution in [0.15, 0.2) is 182 Å². The van der Waals surface area contributed by atoms with Crippen molar-refractivity contribution in [2.45, 2.75) is 180 Å². The Kier molecular flexibility index (Phi) is 24.0. The molecule has 17 heteroatoms. The summed E-state index contributed by atoms with van der Waals surface area (Å²) in [6.45, 7) is 12.6. The normalized spacial score (nSPS) is 27.5. The number of aliphatic hydroxyl groups is 1. The number of hydrogen-bond acceptors (Lipinski definition) is 17.